The molecule has 4 aromatic heterocycles. The molecule has 0 aliphatic carbocycles. The molecular formula is C62H44N4. The Morgan fingerprint density at radius 2 is 0.439 bits per heavy atom. The molecule has 0 atom stereocenters. The van der Waals surface area contributed by atoms with Crippen molar-refractivity contribution in [2.24, 2.45) is 0 Å². The van der Waals surface area contributed by atoms with Gasteiger partial charge < -0.3 is 18.3 Å². The fraction of sp³-hybridized carbons (Fsp3) is 0.0645. The molecule has 12 rings (SSSR count). The Hall–Kier alpha value is -8.70. The molecule has 312 valence electrons. The van der Waals surface area contributed by atoms with Crippen molar-refractivity contribution in [3.05, 3.63) is 230 Å². The molecule has 4 nitrogen and oxygen atoms in total. The largest absolute Gasteiger partial charge is 0.335 e. The molecule has 0 radical (unpaired) electrons. The summed E-state index contributed by atoms with van der Waals surface area (Å²) < 4.78 is 9.50. The van der Waals surface area contributed by atoms with E-state index in [2.05, 4.69) is 249 Å². The fourth-order valence-corrected chi connectivity index (χ4v) is 10.2. The molecule has 0 spiro atoms. The highest BCUT2D eigenvalue weighted by Gasteiger charge is 2.17. The molecule has 0 N–H and O–H groups in total. The number of nitrogens with zero attached hydrogens (tertiary/aromatic N) is 4. The molecule has 0 amide bonds. The van der Waals surface area contributed by atoms with Gasteiger partial charge in [0.2, 0.25) is 0 Å². The maximum Gasteiger partial charge on any atom is 0.0571 e. The monoisotopic (exact) mass is 844 g/mol. The average Bonchev–Trinajstić information content (AvgIpc) is 4.07. The van der Waals surface area contributed by atoms with Crippen LogP contribution in [0.15, 0.2) is 230 Å². The van der Waals surface area contributed by atoms with Crippen molar-refractivity contribution >= 4 is 87.2 Å². The molecule has 0 unspecified atom stereocenters. The number of aromatic nitrogens is 4. The summed E-state index contributed by atoms with van der Waals surface area (Å²) in [6.07, 6.45) is 0. The van der Waals surface area contributed by atoms with Gasteiger partial charge in [0.25, 0.3) is 0 Å². The first-order valence-electron chi connectivity index (χ1n) is 22.5. The van der Waals surface area contributed by atoms with Gasteiger partial charge in [-0.3, -0.25) is 0 Å². The van der Waals surface area contributed by atoms with E-state index in [1.165, 1.54) is 65.2 Å². The minimum atomic E-state index is 0.518. The van der Waals surface area contributed by atoms with Crippen LogP contribution in [0.25, 0.3) is 87.2 Å². The number of hydrogen-bond donors (Lipinski definition) is 0. The van der Waals surface area contributed by atoms with Crippen LogP contribution in [0.3, 0.4) is 0 Å². The molecule has 0 fully saturated rings. The number of benzene rings is 8. The standard InChI is InChI=1S/C62H44N4/c1-43(39-63-55-27-11-3-19-47(55)48-20-4-12-28-56(48)63)35-37-45(41-65-59-31-15-7-23-51(59)52-24-8-16-32-60(52)65)46(42-66-61-33-17-9-25-53(61)54-26-10-18-34-62(54)66)38-36-44(2)40-64-57-29-13-5-21-49(57)50-22-6-14-30-58(50)64/h3-34H,1-2,39-42H2/b46-45+. The summed E-state index contributed by atoms with van der Waals surface area (Å²) in [7, 11) is 0. The third-order valence-corrected chi connectivity index (χ3v) is 13.2. The highest BCUT2D eigenvalue weighted by atomic mass is 15.0. The van der Waals surface area contributed by atoms with Gasteiger partial charge in [-0.2, -0.15) is 0 Å². The van der Waals surface area contributed by atoms with Crippen LogP contribution in [0, 0.1) is 23.7 Å². The van der Waals surface area contributed by atoms with Crippen molar-refractivity contribution in [3.63, 3.8) is 0 Å². The van der Waals surface area contributed by atoms with Gasteiger partial charge in [0.1, 0.15) is 0 Å². The van der Waals surface area contributed by atoms with Gasteiger partial charge in [-0.15, -0.1) is 0 Å². The smallest absolute Gasteiger partial charge is 0.0571 e. The highest BCUT2D eigenvalue weighted by Crippen LogP contribution is 2.34. The number of allylic oxidation sites excluding steroid dienone is 4. The second-order valence-electron chi connectivity index (χ2n) is 17.1. The van der Waals surface area contributed by atoms with Crippen LogP contribution in [0.2, 0.25) is 0 Å². The summed E-state index contributed by atoms with van der Waals surface area (Å²) in [5.74, 6) is 14.8. The number of hydrogen-bond acceptors (Lipinski definition) is 0. The van der Waals surface area contributed by atoms with E-state index in [1.54, 1.807) is 0 Å². The van der Waals surface area contributed by atoms with Crippen molar-refractivity contribution in [1.29, 1.82) is 0 Å². The number of para-hydroxylation sites is 8. The molecule has 12 aromatic rings. The van der Waals surface area contributed by atoms with E-state index in [4.69, 9.17) is 0 Å². The Morgan fingerprint density at radius 3 is 0.652 bits per heavy atom. The molecule has 4 heteroatoms. The summed E-state index contributed by atoms with van der Waals surface area (Å²) in [6, 6.07) is 69.1. The van der Waals surface area contributed by atoms with Crippen LogP contribution < -0.4 is 0 Å². The van der Waals surface area contributed by atoms with Gasteiger partial charge >= 0.3 is 0 Å². The zero-order chi connectivity index (χ0) is 44.1. The van der Waals surface area contributed by atoms with Gasteiger partial charge in [0.15, 0.2) is 0 Å². The maximum absolute atomic E-state index is 4.61. The zero-order valence-corrected chi connectivity index (χ0v) is 36.5. The highest BCUT2D eigenvalue weighted by molar-refractivity contribution is 6.10. The van der Waals surface area contributed by atoms with Crippen molar-refractivity contribution in [3.8, 4) is 23.7 Å². The normalized spacial score (nSPS) is 12.0. The molecular weight excluding hydrogens is 801 g/mol. The van der Waals surface area contributed by atoms with Crippen LogP contribution in [0.5, 0.6) is 0 Å². The van der Waals surface area contributed by atoms with E-state index in [1.807, 2.05) is 0 Å². The molecule has 0 bridgehead atoms. The minimum absolute atomic E-state index is 0.518. The van der Waals surface area contributed by atoms with E-state index in [0.717, 1.165) is 44.4 Å². The number of rotatable bonds is 8. The maximum atomic E-state index is 4.61. The Bertz CT molecular complexity index is 3630. The molecule has 0 aliphatic heterocycles. The SMILES string of the molecule is C=C(C#C/C(Cn1c2ccccc2c2ccccc21)=C(/C#CC(=C)Cn1c2ccccc2c2ccccc21)Cn1c2ccccc2c2ccccc21)Cn1c2ccccc2c2ccccc21. The molecule has 8 aromatic carbocycles. The molecule has 0 aliphatic rings. The lowest BCUT2D eigenvalue weighted by Crippen LogP contribution is -2.08. The quantitative estimate of drug-likeness (QED) is 0.136. The second-order valence-corrected chi connectivity index (χ2v) is 17.1. The van der Waals surface area contributed by atoms with Crippen LogP contribution in [-0.4, -0.2) is 18.3 Å². The average molecular weight is 845 g/mol. The Balaban J connectivity index is 1.05. The molecule has 66 heavy (non-hydrogen) atoms. The second kappa shape index (κ2) is 16.1. The minimum Gasteiger partial charge on any atom is -0.335 e. The lowest BCUT2D eigenvalue weighted by atomic mass is 10.1. The Kier molecular flexibility index (Phi) is 9.52. The molecule has 4 heterocycles. The van der Waals surface area contributed by atoms with Crippen LogP contribution in [0.4, 0.5) is 0 Å². The van der Waals surface area contributed by atoms with Gasteiger partial charge in [0, 0.05) is 110 Å². The topological polar surface area (TPSA) is 19.7 Å². The van der Waals surface area contributed by atoms with Gasteiger partial charge in [-0.05, 0) is 48.5 Å². The van der Waals surface area contributed by atoms with Crippen molar-refractivity contribution in [2.45, 2.75) is 26.2 Å². The Morgan fingerprint density at radius 1 is 0.258 bits per heavy atom. The van der Waals surface area contributed by atoms with Crippen molar-refractivity contribution in [2.75, 3.05) is 0 Å². The first-order valence-corrected chi connectivity index (χ1v) is 22.5. The predicted octanol–water partition coefficient (Wildman–Crippen LogP) is 14.6. The van der Waals surface area contributed by atoms with Crippen LogP contribution in [0.1, 0.15) is 0 Å². The van der Waals surface area contributed by atoms with Crippen molar-refractivity contribution < 1.29 is 0 Å². The number of fused-ring (bicyclic) bond motifs is 12. The molecule has 0 saturated heterocycles. The van der Waals surface area contributed by atoms with E-state index < -0.39 is 0 Å². The van der Waals surface area contributed by atoms with E-state index in [-0.39, 0.29) is 0 Å². The van der Waals surface area contributed by atoms with E-state index in [9.17, 15) is 0 Å². The summed E-state index contributed by atoms with van der Waals surface area (Å²) in [5, 5.41) is 9.76. The van der Waals surface area contributed by atoms with Gasteiger partial charge in [-0.1, -0.05) is 182 Å². The van der Waals surface area contributed by atoms with Crippen molar-refractivity contribution in [1.82, 2.24) is 18.3 Å². The first-order chi connectivity index (χ1) is 32.6. The van der Waals surface area contributed by atoms with Gasteiger partial charge in [-0.25, -0.2) is 0 Å². The predicted molar refractivity (Wildman–Crippen MR) is 279 cm³/mol. The summed E-state index contributed by atoms with van der Waals surface area (Å²) in [6.45, 7) is 11.4. The lowest BCUT2D eigenvalue weighted by molar-refractivity contribution is 0.821. The summed E-state index contributed by atoms with van der Waals surface area (Å²) >= 11 is 0. The molecule has 0 saturated carbocycles. The van der Waals surface area contributed by atoms with Crippen LogP contribution in [-0.2, 0) is 26.2 Å². The fourth-order valence-electron chi connectivity index (χ4n) is 10.2. The van der Waals surface area contributed by atoms with E-state index >= 15 is 0 Å². The summed E-state index contributed by atoms with van der Waals surface area (Å²) in [5.41, 5.74) is 12.8. The third-order valence-electron chi connectivity index (χ3n) is 13.2. The van der Waals surface area contributed by atoms with E-state index in [0.29, 0.717) is 26.2 Å². The summed E-state index contributed by atoms with van der Waals surface area (Å²) in [4.78, 5) is 0. The first kappa shape index (κ1) is 38.9. The van der Waals surface area contributed by atoms with Crippen LogP contribution >= 0.6 is 0 Å². The van der Waals surface area contributed by atoms with Gasteiger partial charge in [0.05, 0.1) is 26.2 Å². The Labute approximate surface area is 383 Å². The third kappa shape index (κ3) is 6.59. The lowest BCUT2D eigenvalue weighted by Gasteiger charge is -2.14. The zero-order valence-electron chi connectivity index (χ0n) is 36.5.